The van der Waals surface area contributed by atoms with Crippen molar-refractivity contribution in [1.82, 2.24) is 9.88 Å². The lowest BCUT2D eigenvalue weighted by molar-refractivity contribution is 0.647. The minimum Gasteiger partial charge on any atom is -0.456 e. The largest absolute Gasteiger partial charge is 0.456 e. The molecule has 4 heterocycles. The number of benzene rings is 8. The summed E-state index contributed by atoms with van der Waals surface area (Å²) in [7, 11) is 0. The van der Waals surface area contributed by atoms with Gasteiger partial charge in [-0.15, -0.1) is 0 Å². The van der Waals surface area contributed by atoms with Crippen LogP contribution in [0.2, 0.25) is 0 Å². The lowest BCUT2D eigenvalue weighted by atomic mass is 9.91. The van der Waals surface area contributed by atoms with Gasteiger partial charge in [-0.25, -0.2) is 4.99 Å². The first kappa shape index (κ1) is 28.6. The lowest BCUT2D eigenvalue weighted by Crippen LogP contribution is -2.36. The number of nitrogens with one attached hydrogen (secondary N) is 1. The lowest BCUT2D eigenvalue weighted by Gasteiger charge is -2.29. The summed E-state index contributed by atoms with van der Waals surface area (Å²) >= 11 is 0. The van der Waals surface area contributed by atoms with Crippen molar-refractivity contribution < 1.29 is 8.83 Å². The second-order valence-electron chi connectivity index (χ2n) is 14.0. The highest BCUT2D eigenvalue weighted by molar-refractivity contribution is 6.24. The summed E-state index contributed by atoms with van der Waals surface area (Å²) in [5, 5.41) is 12.9. The van der Waals surface area contributed by atoms with Crippen LogP contribution in [-0.2, 0) is 0 Å². The zero-order valence-corrected chi connectivity index (χ0v) is 28.4. The zero-order valence-electron chi connectivity index (χ0n) is 28.4. The molecule has 1 aliphatic rings. The van der Waals surface area contributed by atoms with Gasteiger partial charge in [-0.2, -0.15) is 0 Å². The molecule has 5 heteroatoms. The van der Waals surface area contributed by atoms with Gasteiger partial charge in [-0.05, 0) is 70.4 Å². The molecule has 0 radical (unpaired) electrons. The van der Waals surface area contributed by atoms with Crippen molar-refractivity contribution in [3.63, 3.8) is 0 Å². The minimum atomic E-state index is -0.272. The van der Waals surface area contributed by atoms with E-state index in [2.05, 4.69) is 162 Å². The number of aromatic nitrogens is 1. The van der Waals surface area contributed by atoms with Crippen LogP contribution in [0.1, 0.15) is 17.2 Å². The molecule has 0 saturated heterocycles. The van der Waals surface area contributed by atoms with Crippen LogP contribution in [0.25, 0.3) is 87.6 Å². The van der Waals surface area contributed by atoms with Crippen LogP contribution in [-0.4, -0.2) is 10.5 Å². The molecule has 8 aromatic carbocycles. The van der Waals surface area contributed by atoms with Crippen molar-refractivity contribution in [2.75, 3.05) is 0 Å². The van der Waals surface area contributed by atoms with Crippen LogP contribution >= 0.6 is 0 Å². The van der Waals surface area contributed by atoms with E-state index in [1.807, 2.05) is 12.1 Å². The Kier molecular flexibility index (Phi) is 5.77. The third-order valence-corrected chi connectivity index (χ3v) is 11.0. The SMILES string of the molecule is c1ccc(-c2cc(C3NC(n4c5ccccc5c5ccc6c7ccccc7oc6c54)=Nc4ccccc43)c3oc4cc5ccccc5cc4c3c2)cc1. The van der Waals surface area contributed by atoms with Crippen LogP contribution in [0.3, 0.4) is 0 Å². The maximum atomic E-state index is 6.91. The second kappa shape index (κ2) is 10.7. The molecule has 5 nitrogen and oxygen atoms in total. The average Bonchev–Trinajstić information content (AvgIpc) is 3.89. The van der Waals surface area contributed by atoms with Crippen molar-refractivity contribution in [2.24, 2.45) is 4.99 Å². The van der Waals surface area contributed by atoms with E-state index in [-0.39, 0.29) is 6.04 Å². The highest BCUT2D eigenvalue weighted by atomic mass is 16.3. The van der Waals surface area contributed by atoms with Gasteiger partial charge in [-0.1, -0.05) is 115 Å². The summed E-state index contributed by atoms with van der Waals surface area (Å²) in [6.45, 7) is 0. The summed E-state index contributed by atoms with van der Waals surface area (Å²) in [6.07, 6.45) is 0. The van der Waals surface area contributed by atoms with E-state index >= 15 is 0 Å². The molecule has 0 bridgehead atoms. The Morgan fingerprint density at radius 3 is 2.09 bits per heavy atom. The number of fused-ring (bicyclic) bond motifs is 12. The molecule has 248 valence electrons. The van der Waals surface area contributed by atoms with Gasteiger partial charge in [0.15, 0.2) is 5.58 Å². The third-order valence-electron chi connectivity index (χ3n) is 11.0. The predicted octanol–water partition coefficient (Wildman–Crippen LogP) is 12.6. The van der Waals surface area contributed by atoms with Gasteiger partial charge in [0.05, 0.1) is 17.2 Å². The molecular weight excluding hydrogens is 651 g/mol. The van der Waals surface area contributed by atoms with Crippen LogP contribution in [0.4, 0.5) is 5.69 Å². The van der Waals surface area contributed by atoms with Crippen molar-refractivity contribution in [3.8, 4) is 11.1 Å². The smallest absolute Gasteiger partial charge is 0.209 e. The summed E-state index contributed by atoms with van der Waals surface area (Å²) in [5.74, 6) is 0.730. The summed E-state index contributed by atoms with van der Waals surface area (Å²) in [6, 6.07) is 57.5. The van der Waals surface area contributed by atoms with E-state index in [4.69, 9.17) is 13.8 Å². The Morgan fingerprint density at radius 1 is 0.472 bits per heavy atom. The number of hydrogen-bond acceptors (Lipinski definition) is 4. The van der Waals surface area contributed by atoms with Gasteiger partial charge in [0, 0.05) is 43.4 Å². The van der Waals surface area contributed by atoms with Crippen molar-refractivity contribution in [1.29, 1.82) is 0 Å². The monoisotopic (exact) mass is 679 g/mol. The van der Waals surface area contributed by atoms with Crippen LogP contribution in [0.5, 0.6) is 0 Å². The van der Waals surface area contributed by atoms with Gasteiger partial charge in [0.1, 0.15) is 22.3 Å². The Bertz CT molecular complexity index is 3330. The fourth-order valence-corrected chi connectivity index (χ4v) is 8.60. The molecular formula is C48H29N3O2. The number of para-hydroxylation sites is 3. The molecule has 12 rings (SSSR count). The van der Waals surface area contributed by atoms with E-state index in [9.17, 15) is 0 Å². The molecule has 0 saturated carbocycles. The molecule has 1 N–H and O–H groups in total. The molecule has 1 atom stereocenters. The molecule has 0 spiro atoms. The van der Waals surface area contributed by atoms with Gasteiger partial charge in [0.25, 0.3) is 0 Å². The fourth-order valence-electron chi connectivity index (χ4n) is 8.60. The molecule has 53 heavy (non-hydrogen) atoms. The third kappa shape index (κ3) is 4.10. The van der Waals surface area contributed by atoms with Crippen molar-refractivity contribution in [2.45, 2.75) is 6.04 Å². The average molecular weight is 680 g/mol. The zero-order chi connectivity index (χ0) is 34.6. The first-order chi connectivity index (χ1) is 26.3. The fraction of sp³-hybridized carbons (Fsp3) is 0.0208. The number of hydrogen-bond donors (Lipinski definition) is 1. The van der Waals surface area contributed by atoms with Gasteiger partial charge in [-0.3, -0.25) is 4.57 Å². The van der Waals surface area contributed by atoms with Crippen LogP contribution in [0.15, 0.2) is 178 Å². The van der Waals surface area contributed by atoms with E-state index in [0.29, 0.717) is 0 Å². The summed E-state index contributed by atoms with van der Waals surface area (Å²) < 4.78 is 15.8. The molecule has 1 aliphatic heterocycles. The molecule has 11 aromatic rings. The Hall–Kier alpha value is -7.11. The first-order valence-corrected chi connectivity index (χ1v) is 18.0. The van der Waals surface area contributed by atoms with Gasteiger partial charge < -0.3 is 14.2 Å². The van der Waals surface area contributed by atoms with Crippen LogP contribution in [0, 0.1) is 0 Å². The molecule has 0 aliphatic carbocycles. The topological polar surface area (TPSA) is 55.6 Å². The minimum absolute atomic E-state index is 0.272. The highest BCUT2D eigenvalue weighted by Crippen LogP contribution is 2.44. The standard InChI is InChI=1S/C48H29N3O2/c1-2-12-28(13-3-1)31-25-38-37-24-29-14-4-5-15-30(29)27-43(37)53-46(38)39(26-31)44-36-18-6-9-19-40(36)49-48(50-44)51-41-20-10-7-16-32(41)34-22-23-35-33-17-8-11-21-42(33)52-47(35)45(34)51/h1-27,44H,(H,49,50). The second-order valence-corrected chi connectivity index (χ2v) is 14.0. The first-order valence-electron chi connectivity index (χ1n) is 18.0. The predicted molar refractivity (Wildman–Crippen MR) is 217 cm³/mol. The number of nitrogens with zero attached hydrogens (tertiary/aromatic N) is 2. The normalized spacial score (nSPS) is 14.5. The molecule has 3 aromatic heterocycles. The van der Waals surface area contributed by atoms with E-state index in [1.54, 1.807) is 0 Å². The number of aliphatic imine (C=N–C) groups is 1. The van der Waals surface area contributed by atoms with Crippen molar-refractivity contribution in [3.05, 3.63) is 175 Å². The molecule has 0 amide bonds. The number of rotatable bonds is 2. The molecule has 1 unspecified atom stereocenters. The highest BCUT2D eigenvalue weighted by Gasteiger charge is 2.30. The summed E-state index contributed by atoms with van der Waals surface area (Å²) in [5.41, 5.74) is 10.8. The Morgan fingerprint density at radius 2 is 1.19 bits per heavy atom. The van der Waals surface area contributed by atoms with Crippen LogP contribution < -0.4 is 5.32 Å². The van der Waals surface area contributed by atoms with Gasteiger partial charge >= 0.3 is 0 Å². The maximum Gasteiger partial charge on any atom is 0.209 e. The Labute approximate surface area is 303 Å². The van der Waals surface area contributed by atoms with E-state index in [1.165, 1.54) is 5.39 Å². The Balaban J connectivity index is 1.15. The van der Waals surface area contributed by atoms with Gasteiger partial charge in [0.2, 0.25) is 5.96 Å². The molecule has 0 fully saturated rings. The van der Waals surface area contributed by atoms with E-state index < -0.39 is 0 Å². The van der Waals surface area contributed by atoms with Crippen molar-refractivity contribution >= 4 is 88.1 Å². The van der Waals surface area contributed by atoms with E-state index in [0.717, 1.165) is 105 Å². The maximum absolute atomic E-state index is 6.91. The quantitative estimate of drug-likeness (QED) is 0.198. The number of furan rings is 2. The summed E-state index contributed by atoms with van der Waals surface area (Å²) in [4.78, 5) is 5.36.